The van der Waals surface area contributed by atoms with Gasteiger partial charge in [0.05, 0.1) is 7.11 Å². The van der Waals surface area contributed by atoms with Gasteiger partial charge < -0.3 is 10.1 Å². The Morgan fingerprint density at radius 3 is 2.65 bits per heavy atom. The van der Waals surface area contributed by atoms with Crippen LogP contribution in [0.4, 0.5) is 0 Å². The van der Waals surface area contributed by atoms with E-state index in [9.17, 15) is 0 Å². The van der Waals surface area contributed by atoms with Crippen molar-refractivity contribution < 1.29 is 4.74 Å². The van der Waals surface area contributed by atoms with E-state index in [2.05, 4.69) is 47.0 Å². The summed E-state index contributed by atoms with van der Waals surface area (Å²) in [4.78, 5) is 2.67. The molecule has 0 radical (unpaired) electrons. The van der Waals surface area contributed by atoms with Gasteiger partial charge in [-0.3, -0.25) is 4.90 Å². The van der Waals surface area contributed by atoms with Gasteiger partial charge in [-0.05, 0) is 78.3 Å². The summed E-state index contributed by atoms with van der Waals surface area (Å²) in [6.45, 7) is 2.28. The van der Waals surface area contributed by atoms with Crippen molar-refractivity contribution in [2.75, 3.05) is 31.7 Å². The van der Waals surface area contributed by atoms with Gasteiger partial charge >= 0.3 is 0 Å². The van der Waals surface area contributed by atoms with E-state index in [1.807, 2.05) is 6.07 Å². The average molecular weight is 369 g/mol. The van der Waals surface area contributed by atoms with Crippen LogP contribution in [0.3, 0.4) is 0 Å². The molecule has 0 amide bonds. The molecule has 1 N–H and O–H groups in total. The van der Waals surface area contributed by atoms with Crippen LogP contribution in [0.5, 0.6) is 5.75 Å². The van der Waals surface area contributed by atoms with Crippen LogP contribution >= 0.6 is 11.8 Å². The maximum absolute atomic E-state index is 8.83. The van der Waals surface area contributed by atoms with E-state index in [1.165, 1.54) is 48.1 Å². The first-order valence-electron chi connectivity index (χ1n) is 9.73. The number of thioether (sulfide) groups is 1. The van der Waals surface area contributed by atoms with E-state index in [0.717, 1.165) is 36.0 Å². The Kier molecular flexibility index (Phi) is 5.51. The van der Waals surface area contributed by atoms with Gasteiger partial charge in [0.1, 0.15) is 5.75 Å². The van der Waals surface area contributed by atoms with Crippen LogP contribution in [-0.4, -0.2) is 48.4 Å². The Hall–Kier alpha value is -1.52. The summed E-state index contributed by atoms with van der Waals surface area (Å²) in [5.74, 6) is 3.86. The van der Waals surface area contributed by atoms with Crippen molar-refractivity contribution in [3.05, 3.63) is 42.0 Å². The number of hydrogen-bond acceptors (Lipinski definition) is 4. The normalized spacial score (nSPS) is 22.4. The number of piperidine rings is 1. The minimum atomic E-state index is 0.369. The molecule has 0 bridgehead atoms. The molecule has 4 rings (SSSR count). The number of fused-ring (bicyclic) bond motifs is 1. The molecular formula is C22H28N2OS. The zero-order valence-corrected chi connectivity index (χ0v) is 16.4. The Labute approximate surface area is 160 Å². The lowest BCUT2D eigenvalue weighted by Gasteiger charge is -2.40. The maximum atomic E-state index is 8.83. The molecule has 2 aromatic carbocycles. The molecule has 26 heavy (non-hydrogen) atoms. The summed E-state index contributed by atoms with van der Waals surface area (Å²) in [6.07, 6.45) is 5.02. The first-order valence-corrected chi connectivity index (χ1v) is 10.9. The average Bonchev–Trinajstić information content (AvgIpc) is 2.73. The second kappa shape index (κ2) is 8.01. The minimum absolute atomic E-state index is 0.369. The van der Waals surface area contributed by atoms with Crippen molar-refractivity contribution in [1.29, 1.82) is 5.41 Å². The Balaban J connectivity index is 1.50. The molecule has 1 atom stereocenters. The lowest BCUT2D eigenvalue weighted by Crippen LogP contribution is -2.46. The molecule has 2 aromatic rings. The second-order valence-corrected chi connectivity index (χ2v) is 8.74. The lowest BCUT2D eigenvalue weighted by molar-refractivity contribution is 0.137. The zero-order valence-electron chi connectivity index (χ0n) is 15.5. The van der Waals surface area contributed by atoms with Crippen molar-refractivity contribution in [1.82, 2.24) is 4.90 Å². The molecule has 2 fully saturated rings. The Bertz CT molecular complexity index is 785. The zero-order chi connectivity index (χ0) is 17.9. The van der Waals surface area contributed by atoms with Crippen LogP contribution in [0.1, 0.15) is 31.2 Å². The fraction of sp³-hybridized carbons (Fsp3) is 0.500. The molecular weight excluding hydrogens is 340 g/mol. The number of methoxy groups -OCH3 is 1. The van der Waals surface area contributed by atoms with Gasteiger partial charge in [0.25, 0.3) is 0 Å². The summed E-state index contributed by atoms with van der Waals surface area (Å²) in [5.41, 5.74) is 1.89. The van der Waals surface area contributed by atoms with Crippen molar-refractivity contribution in [2.24, 2.45) is 5.92 Å². The number of ether oxygens (including phenoxy) is 1. The van der Waals surface area contributed by atoms with Gasteiger partial charge in [-0.25, -0.2) is 0 Å². The highest BCUT2D eigenvalue weighted by Crippen LogP contribution is 2.29. The van der Waals surface area contributed by atoms with E-state index in [1.54, 1.807) is 7.11 Å². The SMILES string of the molecule is COc1ccc2cc(C(=N)C3CCCN(C4CCSCC4)C3)ccc2c1. The summed E-state index contributed by atoms with van der Waals surface area (Å²) in [6, 6.07) is 13.3. The summed E-state index contributed by atoms with van der Waals surface area (Å²) in [5, 5.41) is 11.2. The molecule has 3 nitrogen and oxygen atoms in total. The standard InChI is InChI=1S/C22H28N2OS/c1-25-21-7-6-16-13-18(5-4-17(16)14-21)22(23)19-3-2-10-24(15-19)20-8-11-26-12-9-20/h4-7,13-14,19-20,23H,2-3,8-12,15H2,1H3. The Morgan fingerprint density at radius 1 is 1.08 bits per heavy atom. The van der Waals surface area contributed by atoms with Crippen LogP contribution < -0.4 is 4.74 Å². The van der Waals surface area contributed by atoms with E-state index in [4.69, 9.17) is 10.1 Å². The number of nitrogens with zero attached hydrogens (tertiary/aromatic N) is 1. The smallest absolute Gasteiger partial charge is 0.119 e. The molecule has 2 aliphatic heterocycles. The molecule has 0 aromatic heterocycles. The predicted octanol–water partition coefficient (Wildman–Crippen LogP) is 4.82. The van der Waals surface area contributed by atoms with E-state index in [-0.39, 0.29) is 0 Å². The van der Waals surface area contributed by atoms with Crippen molar-refractivity contribution in [3.63, 3.8) is 0 Å². The van der Waals surface area contributed by atoms with Gasteiger partial charge in [-0.2, -0.15) is 11.8 Å². The van der Waals surface area contributed by atoms with E-state index < -0.39 is 0 Å². The fourth-order valence-corrected chi connectivity index (χ4v) is 5.46. The quantitative estimate of drug-likeness (QED) is 0.786. The first kappa shape index (κ1) is 17.9. The molecule has 2 saturated heterocycles. The number of nitrogens with one attached hydrogen (secondary N) is 1. The number of benzene rings is 2. The van der Waals surface area contributed by atoms with Crippen LogP contribution in [0.2, 0.25) is 0 Å². The monoisotopic (exact) mass is 368 g/mol. The topological polar surface area (TPSA) is 36.3 Å². The second-order valence-electron chi connectivity index (χ2n) is 7.52. The number of likely N-dealkylation sites (tertiary alicyclic amines) is 1. The molecule has 1 unspecified atom stereocenters. The molecule has 2 heterocycles. The summed E-state index contributed by atoms with van der Waals surface area (Å²) < 4.78 is 5.32. The predicted molar refractivity (Wildman–Crippen MR) is 112 cm³/mol. The third-order valence-corrected chi connectivity index (χ3v) is 6.98. The summed E-state index contributed by atoms with van der Waals surface area (Å²) >= 11 is 2.09. The van der Waals surface area contributed by atoms with Crippen molar-refractivity contribution in [3.8, 4) is 5.75 Å². The van der Waals surface area contributed by atoms with Crippen molar-refractivity contribution in [2.45, 2.75) is 31.7 Å². The van der Waals surface area contributed by atoms with Crippen LogP contribution in [0.15, 0.2) is 36.4 Å². The first-order chi connectivity index (χ1) is 12.7. The highest BCUT2D eigenvalue weighted by molar-refractivity contribution is 7.99. The molecule has 138 valence electrons. The van der Waals surface area contributed by atoms with Gasteiger partial charge in [0.2, 0.25) is 0 Å². The van der Waals surface area contributed by atoms with Crippen LogP contribution in [0, 0.1) is 11.3 Å². The van der Waals surface area contributed by atoms with Crippen LogP contribution in [0.25, 0.3) is 10.8 Å². The van der Waals surface area contributed by atoms with E-state index in [0.29, 0.717) is 5.92 Å². The number of hydrogen-bond donors (Lipinski definition) is 1. The lowest BCUT2D eigenvalue weighted by atomic mass is 9.87. The molecule has 0 saturated carbocycles. The van der Waals surface area contributed by atoms with E-state index >= 15 is 0 Å². The van der Waals surface area contributed by atoms with Gasteiger partial charge in [-0.15, -0.1) is 0 Å². The largest absolute Gasteiger partial charge is 0.497 e. The van der Waals surface area contributed by atoms with Gasteiger partial charge in [0, 0.05) is 24.2 Å². The molecule has 0 aliphatic carbocycles. The van der Waals surface area contributed by atoms with Gasteiger partial charge in [0.15, 0.2) is 0 Å². The fourth-order valence-electron chi connectivity index (χ4n) is 4.38. The third kappa shape index (κ3) is 3.77. The highest BCUT2D eigenvalue weighted by Gasteiger charge is 2.29. The number of rotatable bonds is 4. The molecule has 4 heteroatoms. The summed E-state index contributed by atoms with van der Waals surface area (Å²) in [7, 11) is 1.70. The molecule has 0 spiro atoms. The van der Waals surface area contributed by atoms with Gasteiger partial charge in [-0.1, -0.05) is 18.2 Å². The minimum Gasteiger partial charge on any atom is -0.497 e. The maximum Gasteiger partial charge on any atom is 0.119 e. The molecule has 2 aliphatic rings. The third-order valence-electron chi connectivity index (χ3n) is 5.93. The Morgan fingerprint density at radius 2 is 1.85 bits per heavy atom. The van der Waals surface area contributed by atoms with Crippen LogP contribution in [-0.2, 0) is 0 Å². The van der Waals surface area contributed by atoms with Crippen molar-refractivity contribution >= 4 is 28.2 Å². The highest BCUT2D eigenvalue weighted by atomic mass is 32.2.